The van der Waals surface area contributed by atoms with Gasteiger partial charge in [0.15, 0.2) is 17.4 Å². The molecule has 0 aliphatic carbocycles. The number of unbranched alkanes of at least 4 members (excludes halogenated alkanes) is 2. The van der Waals surface area contributed by atoms with Crippen LogP contribution >= 0.6 is 0 Å². The van der Waals surface area contributed by atoms with Gasteiger partial charge in [-0.05, 0) is 37.0 Å². The number of hydrogen-bond acceptors (Lipinski definition) is 3. The highest BCUT2D eigenvalue weighted by Crippen LogP contribution is 2.23. The first-order chi connectivity index (χ1) is 8.19. The first kappa shape index (κ1) is 13.9. The minimum atomic E-state index is -0.809. The van der Waals surface area contributed by atoms with Crippen molar-refractivity contribution in [2.45, 2.75) is 25.9 Å². The van der Waals surface area contributed by atoms with E-state index in [1.165, 1.54) is 0 Å². The fourth-order valence-electron chi connectivity index (χ4n) is 1.41. The van der Waals surface area contributed by atoms with Crippen LogP contribution in [0.5, 0.6) is 5.75 Å². The maximum absolute atomic E-state index is 13.4. The maximum Gasteiger partial charge on any atom is 0.190 e. The molecular weight excluding hydrogens is 230 g/mol. The third kappa shape index (κ3) is 4.28. The molecule has 0 heterocycles. The molecule has 0 aliphatic heterocycles. The number of benzene rings is 1. The van der Waals surface area contributed by atoms with Crippen molar-refractivity contribution in [1.82, 2.24) is 0 Å². The summed E-state index contributed by atoms with van der Waals surface area (Å²) < 4.78 is 31.7. The Labute approximate surface area is 98.7 Å². The van der Waals surface area contributed by atoms with Crippen molar-refractivity contribution in [3.63, 3.8) is 0 Å². The highest BCUT2D eigenvalue weighted by Gasteiger charge is 2.12. The van der Waals surface area contributed by atoms with Crippen molar-refractivity contribution in [3.8, 4) is 5.75 Å². The third-order valence-electron chi connectivity index (χ3n) is 2.29. The molecule has 0 unspecified atom stereocenters. The molecule has 2 N–H and O–H groups in total. The van der Waals surface area contributed by atoms with Gasteiger partial charge in [0.2, 0.25) is 0 Å². The van der Waals surface area contributed by atoms with E-state index in [0.29, 0.717) is 12.8 Å². The second kappa shape index (κ2) is 7.19. The smallest absolute Gasteiger partial charge is 0.190 e. The van der Waals surface area contributed by atoms with Crippen LogP contribution < -0.4 is 4.74 Å². The molecule has 1 aromatic rings. The summed E-state index contributed by atoms with van der Waals surface area (Å²) in [6, 6.07) is 2.10. The monoisotopic (exact) mass is 246 g/mol. The molecule has 0 atom stereocenters. The zero-order chi connectivity index (χ0) is 12.7. The molecule has 0 radical (unpaired) electrons. The molecule has 0 spiro atoms. The predicted molar refractivity (Wildman–Crippen MR) is 58.7 cm³/mol. The van der Waals surface area contributed by atoms with Gasteiger partial charge in [-0.3, -0.25) is 0 Å². The number of halogens is 2. The fourth-order valence-corrected chi connectivity index (χ4v) is 1.41. The molecule has 1 aromatic carbocycles. The Morgan fingerprint density at radius 2 is 1.65 bits per heavy atom. The SMILES string of the molecule is OCCCCCOc1c(F)cc(CO)cc1F. The van der Waals surface area contributed by atoms with Gasteiger partial charge >= 0.3 is 0 Å². The molecular formula is C12H16F2O3. The lowest BCUT2D eigenvalue weighted by molar-refractivity contribution is 0.253. The van der Waals surface area contributed by atoms with Crippen molar-refractivity contribution in [2.24, 2.45) is 0 Å². The van der Waals surface area contributed by atoms with Gasteiger partial charge in [-0.1, -0.05) is 0 Å². The van der Waals surface area contributed by atoms with Gasteiger partial charge in [0.05, 0.1) is 13.2 Å². The maximum atomic E-state index is 13.4. The largest absolute Gasteiger partial charge is 0.488 e. The topological polar surface area (TPSA) is 49.7 Å². The fraction of sp³-hybridized carbons (Fsp3) is 0.500. The Morgan fingerprint density at radius 3 is 2.18 bits per heavy atom. The van der Waals surface area contributed by atoms with Gasteiger partial charge in [0.25, 0.3) is 0 Å². The molecule has 0 saturated heterocycles. The van der Waals surface area contributed by atoms with Crippen molar-refractivity contribution >= 4 is 0 Å². The van der Waals surface area contributed by atoms with Crippen molar-refractivity contribution in [1.29, 1.82) is 0 Å². The van der Waals surface area contributed by atoms with Crippen LogP contribution in [0.25, 0.3) is 0 Å². The Bertz CT molecular complexity index is 333. The van der Waals surface area contributed by atoms with E-state index in [0.717, 1.165) is 18.6 Å². The van der Waals surface area contributed by atoms with Crippen LogP contribution in [0.3, 0.4) is 0 Å². The number of aliphatic hydroxyl groups excluding tert-OH is 2. The van der Waals surface area contributed by atoms with Gasteiger partial charge in [-0.15, -0.1) is 0 Å². The predicted octanol–water partition coefficient (Wildman–Crippen LogP) is 2.00. The second-order valence-electron chi connectivity index (χ2n) is 3.68. The van der Waals surface area contributed by atoms with Crippen LogP contribution in [0.15, 0.2) is 12.1 Å². The first-order valence-electron chi connectivity index (χ1n) is 5.51. The standard InChI is InChI=1S/C12H16F2O3/c13-10-6-9(8-16)7-11(14)12(10)17-5-3-1-2-4-15/h6-7,15-16H,1-5,8H2. The molecule has 17 heavy (non-hydrogen) atoms. The van der Waals surface area contributed by atoms with Crippen LogP contribution in [0.2, 0.25) is 0 Å². The van der Waals surface area contributed by atoms with Gasteiger partial charge < -0.3 is 14.9 Å². The van der Waals surface area contributed by atoms with Crippen LogP contribution in [0.4, 0.5) is 8.78 Å². The summed E-state index contributed by atoms with van der Waals surface area (Å²) in [6.45, 7) is -0.106. The lowest BCUT2D eigenvalue weighted by atomic mass is 10.2. The Hall–Kier alpha value is -1.20. The summed E-state index contributed by atoms with van der Waals surface area (Å²) in [4.78, 5) is 0. The highest BCUT2D eigenvalue weighted by molar-refractivity contribution is 5.31. The first-order valence-corrected chi connectivity index (χ1v) is 5.51. The van der Waals surface area contributed by atoms with Gasteiger partial charge in [-0.2, -0.15) is 0 Å². The van der Waals surface area contributed by atoms with Gasteiger partial charge in [-0.25, -0.2) is 8.78 Å². The van der Waals surface area contributed by atoms with E-state index in [2.05, 4.69) is 0 Å². The summed E-state index contributed by atoms with van der Waals surface area (Å²) in [5.41, 5.74) is 0.174. The quantitative estimate of drug-likeness (QED) is 0.723. The number of rotatable bonds is 7. The highest BCUT2D eigenvalue weighted by atomic mass is 19.1. The molecule has 3 nitrogen and oxygen atoms in total. The Morgan fingerprint density at radius 1 is 1.00 bits per heavy atom. The zero-order valence-electron chi connectivity index (χ0n) is 9.46. The average Bonchev–Trinajstić information content (AvgIpc) is 2.31. The normalized spacial score (nSPS) is 10.6. The van der Waals surface area contributed by atoms with E-state index in [9.17, 15) is 8.78 Å². The third-order valence-corrected chi connectivity index (χ3v) is 2.29. The molecule has 96 valence electrons. The number of aliphatic hydroxyl groups is 2. The number of hydrogen-bond donors (Lipinski definition) is 2. The van der Waals surface area contributed by atoms with Crippen LogP contribution in [-0.2, 0) is 6.61 Å². The minimum Gasteiger partial charge on any atom is -0.488 e. The second-order valence-corrected chi connectivity index (χ2v) is 3.68. The van der Waals surface area contributed by atoms with E-state index < -0.39 is 24.0 Å². The number of ether oxygens (including phenoxy) is 1. The van der Waals surface area contributed by atoms with Crippen molar-refractivity contribution < 1.29 is 23.7 Å². The summed E-state index contributed by atoms with van der Waals surface area (Å²) >= 11 is 0. The van der Waals surface area contributed by atoms with E-state index in [1.54, 1.807) is 0 Å². The molecule has 0 saturated carbocycles. The minimum absolute atomic E-state index is 0.105. The molecule has 0 amide bonds. The van der Waals surface area contributed by atoms with E-state index >= 15 is 0 Å². The summed E-state index contributed by atoms with van der Waals surface area (Å²) in [5.74, 6) is -2.03. The lowest BCUT2D eigenvalue weighted by Crippen LogP contribution is -2.03. The summed E-state index contributed by atoms with van der Waals surface area (Å²) in [6.07, 6.45) is 2.02. The van der Waals surface area contributed by atoms with Crippen LogP contribution in [-0.4, -0.2) is 23.4 Å². The molecule has 0 bridgehead atoms. The van der Waals surface area contributed by atoms with E-state index in [-0.39, 0.29) is 18.8 Å². The summed E-state index contributed by atoms with van der Waals surface area (Å²) in [7, 11) is 0. The Kier molecular flexibility index (Phi) is 5.86. The molecule has 0 aromatic heterocycles. The lowest BCUT2D eigenvalue weighted by Gasteiger charge is -2.09. The zero-order valence-corrected chi connectivity index (χ0v) is 9.46. The molecule has 5 heteroatoms. The Balaban J connectivity index is 2.53. The van der Waals surface area contributed by atoms with Crippen molar-refractivity contribution in [3.05, 3.63) is 29.3 Å². The van der Waals surface area contributed by atoms with Crippen molar-refractivity contribution in [2.75, 3.05) is 13.2 Å². The molecule has 0 fully saturated rings. The van der Waals surface area contributed by atoms with Crippen LogP contribution in [0, 0.1) is 11.6 Å². The molecule has 0 aliphatic rings. The van der Waals surface area contributed by atoms with Crippen LogP contribution in [0.1, 0.15) is 24.8 Å². The summed E-state index contributed by atoms with van der Waals surface area (Å²) in [5, 5.41) is 17.3. The van der Waals surface area contributed by atoms with E-state index in [1.807, 2.05) is 0 Å². The van der Waals surface area contributed by atoms with E-state index in [4.69, 9.17) is 14.9 Å². The van der Waals surface area contributed by atoms with Gasteiger partial charge in [0.1, 0.15) is 0 Å². The average molecular weight is 246 g/mol. The molecule has 1 rings (SSSR count). The van der Waals surface area contributed by atoms with Gasteiger partial charge in [0, 0.05) is 6.61 Å².